The highest BCUT2D eigenvalue weighted by atomic mass is 35.5. The third-order valence-corrected chi connectivity index (χ3v) is 6.51. The fraction of sp³-hybridized carbons (Fsp3) is 0.333. The second-order valence-corrected chi connectivity index (χ2v) is 8.60. The number of amides is 1. The largest absolute Gasteiger partial charge is 0.439 e. The Bertz CT molecular complexity index is 871. The molecule has 2 heterocycles. The van der Waals surface area contributed by atoms with Crippen molar-refractivity contribution in [2.45, 2.75) is 17.6 Å². The molecule has 1 amide bonds. The van der Waals surface area contributed by atoms with E-state index in [1.807, 2.05) is 30.3 Å². The first kappa shape index (κ1) is 24.2. The van der Waals surface area contributed by atoms with E-state index < -0.39 is 20.5 Å². The summed E-state index contributed by atoms with van der Waals surface area (Å²) in [4.78, 5) is 16.9. The Labute approximate surface area is 177 Å². The molecule has 0 spiro atoms. The number of hydrogen-bond acceptors (Lipinski definition) is 6. The smallest absolute Gasteiger partial charge is 0.245 e. The molecule has 154 valence electrons. The molecule has 10 heteroatoms. The van der Waals surface area contributed by atoms with E-state index >= 15 is 0 Å². The molecule has 7 nitrogen and oxygen atoms in total. The number of carbonyl (C=O) groups excluding carboxylic acids is 1. The minimum Gasteiger partial charge on any atom is -0.439 e. The van der Waals surface area contributed by atoms with Crippen LogP contribution in [0.15, 0.2) is 48.7 Å². The van der Waals surface area contributed by atoms with Gasteiger partial charge in [0.15, 0.2) is 14.6 Å². The Morgan fingerprint density at radius 1 is 1.11 bits per heavy atom. The summed E-state index contributed by atoms with van der Waals surface area (Å²) in [6.07, 6.45) is 3.07. The average molecular weight is 448 g/mol. The van der Waals surface area contributed by atoms with E-state index in [0.29, 0.717) is 30.4 Å². The molecular weight excluding hydrogens is 425 g/mol. The van der Waals surface area contributed by atoms with Crippen LogP contribution in [-0.2, 0) is 14.6 Å². The first-order valence-corrected chi connectivity index (χ1v) is 10.2. The predicted molar refractivity (Wildman–Crippen MR) is 114 cm³/mol. The molecule has 1 aliphatic heterocycles. The lowest BCUT2D eigenvalue weighted by molar-refractivity contribution is -0.119. The van der Waals surface area contributed by atoms with Crippen molar-refractivity contribution >= 4 is 46.2 Å². The minimum atomic E-state index is -3.55. The number of nitrogens with zero attached hydrogens (tertiary/aromatic N) is 1. The first-order valence-electron chi connectivity index (χ1n) is 8.31. The number of ether oxygens (including phenoxy) is 1. The van der Waals surface area contributed by atoms with Crippen molar-refractivity contribution in [3.05, 3.63) is 48.7 Å². The molecule has 1 aromatic heterocycles. The SMILES string of the molecule is CS(=O)(=O)C1(C(=O)Nc2ccc(Oc3ccccc3)nc2)CCNCC1.Cl.Cl. The summed E-state index contributed by atoms with van der Waals surface area (Å²) in [6, 6.07) is 12.5. The van der Waals surface area contributed by atoms with E-state index in [1.165, 1.54) is 6.20 Å². The highest BCUT2D eigenvalue weighted by Crippen LogP contribution is 2.29. The van der Waals surface area contributed by atoms with Gasteiger partial charge in [0.1, 0.15) is 5.75 Å². The number of benzene rings is 1. The number of hydrogen-bond donors (Lipinski definition) is 2. The van der Waals surface area contributed by atoms with Crippen LogP contribution in [0.25, 0.3) is 0 Å². The number of sulfone groups is 1. The Kier molecular flexibility index (Phi) is 8.69. The molecule has 2 aromatic rings. The van der Waals surface area contributed by atoms with E-state index in [0.717, 1.165) is 6.26 Å². The zero-order valence-electron chi connectivity index (χ0n) is 15.3. The number of rotatable bonds is 5. The molecular formula is C18H23Cl2N3O4S. The van der Waals surface area contributed by atoms with Crippen molar-refractivity contribution < 1.29 is 17.9 Å². The fourth-order valence-electron chi connectivity index (χ4n) is 2.97. The highest BCUT2D eigenvalue weighted by Gasteiger charge is 2.48. The van der Waals surface area contributed by atoms with Gasteiger partial charge in [0.05, 0.1) is 11.9 Å². The van der Waals surface area contributed by atoms with Crippen molar-refractivity contribution in [1.82, 2.24) is 10.3 Å². The van der Waals surface area contributed by atoms with E-state index in [2.05, 4.69) is 15.6 Å². The summed E-state index contributed by atoms with van der Waals surface area (Å²) >= 11 is 0. The van der Waals surface area contributed by atoms with Crippen LogP contribution in [0.2, 0.25) is 0 Å². The van der Waals surface area contributed by atoms with Gasteiger partial charge < -0.3 is 15.4 Å². The summed E-state index contributed by atoms with van der Waals surface area (Å²) < 4.78 is 28.7. The number of halogens is 2. The van der Waals surface area contributed by atoms with Gasteiger partial charge in [0.2, 0.25) is 11.8 Å². The van der Waals surface area contributed by atoms with Crippen LogP contribution in [0, 0.1) is 0 Å². The Balaban J connectivity index is 0.00000196. The minimum absolute atomic E-state index is 0. The summed E-state index contributed by atoms with van der Waals surface area (Å²) in [7, 11) is -3.55. The molecule has 1 aliphatic rings. The number of carbonyl (C=O) groups is 1. The van der Waals surface area contributed by atoms with Crippen LogP contribution in [0.1, 0.15) is 12.8 Å². The van der Waals surface area contributed by atoms with Gasteiger partial charge >= 0.3 is 0 Å². The van der Waals surface area contributed by atoms with Crippen molar-refractivity contribution in [3.8, 4) is 11.6 Å². The standard InChI is InChI=1S/C18H21N3O4S.2ClH/c1-26(23,24)18(9-11-19-12-10-18)17(22)21-14-7-8-16(20-13-14)25-15-5-3-2-4-6-15;;/h2-8,13,19H,9-12H2,1H3,(H,21,22);2*1H. The first-order chi connectivity index (χ1) is 12.4. The number of para-hydroxylation sites is 1. The highest BCUT2D eigenvalue weighted by molar-refractivity contribution is 7.92. The summed E-state index contributed by atoms with van der Waals surface area (Å²) in [5.74, 6) is 0.524. The zero-order chi connectivity index (χ0) is 18.6. The number of anilines is 1. The Hall–Kier alpha value is -1.87. The normalized spacial score (nSPS) is 15.5. The van der Waals surface area contributed by atoms with E-state index in [-0.39, 0.29) is 37.7 Å². The topological polar surface area (TPSA) is 97.4 Å². The quantitative estimate of drug-likeness (QED) is 0.730. The van der Waals surface area contributed by atoms with Crippen LogP contribution >= 0.6 is 24.8 Å². The summed E-state index contributed by atoms with van der Waals surface area (Å²) in [6.45, 7) is 0.977. The van der Waals surface area contributed by atoms with Gasteiger partial charge in [-0.3, -0.25) is 4.79 Å². The molecule has 3 rings (SSSR count). The van der Waals surface area contributed by atoms with E-state index in [9.17, 15) is 13.2 Å². The maximum absolute atomic E-state index is 12.7. The van der Waals surface area contributed by atoms with Gasteiger partial charge in [-0.15, -0.1) is 24.8 Å². The number of nitrogens with one attached hydrogen (secondary N) is 2. The van der Waals surface area contributed by atoms with Crippen LogP contribution in [0.4, 0.5) is 5.69 Å². The third kappa shape index (κ3) is 5.35. The van der Waals surface area contributed by atoms with Crippen molar-refractivity contribution in [1.29, 1.82) is 0 Å². The number of piperidine rings is 1. The van der Waals surface area contributed by atoms with Crippen LogP contribution in [-0.4, -0.2) is 43.4 Å². The van der Waals surface area contributed by atoms with E-state index in [1.54, 1.807) is 12.1 Å². The predicted octanol–water partition coefficient (Wildman–Crippen LogP) is 2.82. The van der Waals surface area contributed by atoms with Crippen molar-refractivity contribution in [2.75, 3.05) is 24.7 Å². The maximum Gasteiger partial charge on any atom is 0.245 e. The lowest BCUT2D eigenvalue weighted by Crippen LogP contribution is -2.55. The van der Waals surface area contributed by atoms with Gasteiger partial charge in [0, 0.05) is 12.3 Å². The molecule has 0 unspecified atom stereocenters. The van der Waals surface area contributed by atoms with E-state index in [4.69, 9.17) is 4.74 Å². The molecule has 1 saturated heterocycles. The zero-order valence-corrected chi connectivity index (χ0v) is 17.7. The van der Waals surface area contributed by atoms with Gasteiger partial charge in [-0.1, -0.05) is 18.2 Å². The average Bonchev–Trinajstić information content (AvgIpc) is 2.64. The molecule has 0 atom stereocenters. The van der Waals surface area contributed by atoms with Crippen molar-refractivity contribution in [3.63, 3.8) is 0 Å². The van der Waals surface area contributed by atoms with Gasteiger partial charge in [-0.2, -0.15) is 0 Å². The van der Waals surface area contributed by atoms with Crippen molar-refractivity contribution in [2.24, 2.45) is 0 Å². The summed E-state index contributed by atoms with van der Waals surface area (Å²) in [5, 5.41) is 5.77. The molecule has 0 aliphatic carbocycles. The van der Waals surface area contributed by atoms with Gasteiger partial charge in [-0.05, 0) is 44.1 Å². The summed E-state index contributed by atoms with van der Waals surface area (Å²) in [5.41, 5.74) is 0.428. The monoisotopic (exact) mass is 447 g/mol. The van der Waals surface area contributed by atoms with Crippen LogP contribution in [0.3, 0.4) is 0 Å². The molecule has 0 radical (unpaired) electrons. The second kappa shape index (κ2) is 10.1. The van der Waals surface area contributed by atoms with Gasteiger partial charge in [-0.25, -0.2) is 13.4 Å². The number of pyridine rings is 1. The van der Waals surface area contributed by atoms with Crippen LogP contribution in [0.5, 0.6) is 11.6 Å². The maximum atomic E-state index is 12.7. The molecule has 0 bridgehead atoms. The molecule has 0 saturated carbocycles. The lowest BCUT2D eigenvalue weighted by atomic mass is 9.96. The van der Waals surface area contributed by atoms with Gasteiger partial charge in [0.25, 0.3) is 0 Å². The number of aromatic nitrogens is 1. The Morgan fingerprint density at radius 3 is 2.29 bits per heavy atom. The molecule has 1 fully saturated rings. The van der Waals surface area contributed by atoms with Crippen LogP contribution < -0.4 is 15.4 Å². The molecule has 1 aromatic carbocycles. The third-order valence-electron chi connectivity index (χ3n) is 4.49. The molecule has 2 N–H and O–H groups in total. The second-order valence-electron chi connectivity index (χ2n) is 6.27. The Morgan fingerprint density at radius 2 is 1.75 bits per heavy atom. The fourth-order valence-corrected chi connectivity index (χ4v) is 4.30. The lowest BCUT2D eigenvalue weighted by Gasteiger charge is -2.34. The molecule has 28 heavy (non-hydrogen) atoms.